The average molecular weight is 174 g/mol. The zero-order chi connectivity index (χ0) is 6.78. The van der Waals surface area contributed by atoms with E-state index in [1.807, 2.05) is 0 Å². The third-order valence-corrected chi connectivity index (χ3v) is 0.744. The summed E-state index contributed by atoms with van der Waals surface area (Å²) in [5.41, 5.74) is 0.198. The first-order valence-electron chi connectivity index (χ1n) is 2.92. The van der Waals surface area contributed by atoms with E-state index in [9.17, 15) is 0 Å². The Morgan fingerprint density at radius 1 is 1.30 bits per heavy atom. The maximum absolute atomic E-state index is 3.97. The van der Waals surface area contributed by atoms with Gasteiger partial charge in [0.25, 0.3) is 0 Å². The molecule has 0 spiro atoms. The SMILES string of the molecule is [CH2-]C(C)(C)CN(C)C.[Cl-].[Mg+2]. The van der Waals surface area contributed by atoms with Gasteiger partial charge in [-0.2, -0.15) is 5.41 Å². The van der Waals surface area contributed by atoms with Crippen molar-refractivity contribution >= 4 is 23.1 Å². The molecule has 0 saturated carbocycles. The summed E-state index contributed by atoms with van der Waals surface area (Å²) in [5.74, 6) is 0. The summed E-state index contributed by atoms with van der Waals surface area (Å²) in [6.45, 7) is 9.28. The predicted octanol–water partition coefficient (Wildman–Crippen LogP) is -1.97. The van der Waals surface area contributed by atoms with E-state index in [2.05, 4.69) is 39.8 Å². The quantitative estimate of drug-likeness (QED) is 0.346. The minimum absolute atomic E-state index is 0. The first-order chi connectivity index (χ1) is 3.42. The van der Waals surface area contributed by atoms with Crippen molar-refractivity contribution in [2.24, 2.45) is 5.41 Å². The molecule has 0 atom stereocenters. The summed E-state index contributed by atoms with van der Waals surface area (Å²) in [6, 6.07) is 0. The van der Waals surface area contributed by atoms with E-state index >= 15 is 0 Å². The van der Waals surface area contributed by atoms with Crippen LogP contribution in [0.4, 0.5) is 0 Å². The smallest absolute Gasteiger partial charge is 1.00 e. The molecule has 0 fully saturated rings. The van der Waals surface area contributed by atoms with Crippen LogP contribution < -0.4 is 12.4 Å². The van der Waals surface area contributed by atoms with Crippen molar-refractivity contribution < 1.29 is 12.4 Å². The summed E-state index contributed by atoms with van der Waals surface area (Å²) >= 11 is 0. The molecule has 0 aliphatic heterocycles. The molecule has 10 heavy (non-hydrogen) atoms. The van der Waals surface area contributed by atoms with Gasteiger partial charge in [-0.25, -0.2) is 0 Å². The van der Waals surface area contributed by atoms with Gasteiger partial charge in [-0.3, -0.25) is 0 Å². The first-order valence-corrected chi connectivity index (χ1v) is 2.92. The largest absolute Gasteiger partial charge is 2.00 e. The summed E-state index contributed by atoms with van der Waals surface area (Å²) in [5, 5.41) is 0. The molecular weight excluding hydrogens is 158 g/mol. The van der Waals surface area contributed by atoms with Crippen LogP contribution in [-0.4, -0.2) is 48.6 Å². The number of rotatable bonds is 2. The summed E-state index contributed by atoms with van der Waals surface area (Å²) in [7, 11) is 4.12. The van der Waals surface area contributed by atoms with Crippen molar-refractivity contribution in [3.63, 3.8) is 0 Å². The Balaban J connectivity index is -0.000000245. The molecule has 0 unspecified atom stereocenters. The summed E-state index contributed by atoms with van der Waals surface area (Å²) in [4.78, 5) is 2.15. The summed E-state index contributed by atoms with van der Waals surface area (Å²) < 4.78 is 0. The van der Waals surface area contributed by atoms with E-state index in [1.54, 1.807) is 0 Å². The molecular formula is C7H16ClMgN. The van der Waals surface area contributed by atoms with Gasteiger partial charge >= 0.3 is 23.1 Å². The van der Waals surface area contributed by atoms with Gasteiger partial charge in [0.2, 0.25) is 0 Å². The van der Waals surface area contributed by atoms with Crippen LogP contribution in [0.1, 0.15) is 13.8 Å². The number of nitrogens with zero attached hydrogens (tertiary/aromatic N) is 1. The Morgan fingerprint density at radius 2 is 1.60 bits per heavy atom. The van der Waals surface area contributed by atoms with Gasteiger partial charge < -0.3 is 24.2 Å². The molecule has 3 heteroatoms. The molecule has 58 valence electrons. The molecule has 0 N–H and O–H groups in total. The van der Waals surface area contributed by atoms with Crippen LogP contribution in [0, 0.1) is 12.3 Å². The molecule has 0 rings (SSSR count). The van der Waals surface area contributed by atoms with Gasteiger partial charge in [0, 0.05) is 0 Å². The Hall–Kier alpha value is 1.02. The Kier molecular flexibility index (Phi) is 11.5. The number of halogens is 1. The van der Waals surface area contributed by atoms with Gasteiger partial charge in [0.15, 0.2) is 0 Å². The molecule has 0 saturated heterocycles. The fraction of sp³-hybridized carbons (Fsp3) is 0.857. The molecule has 0 bridgehead atoms. The molecule has 0 radical (unpaired) electrons. The van der Waals surface area contributed by atoms with Gasteiger partial charge in [-0.1, -0.05) is 13.8 Å². The van der Waals surface area contributed by atoms with E-state index in [0.29, 0.717) is 0 Å². The number of hydrogen-bond donors (Lipinski definition) is 0. The maximum atomic E-state index is 3.97. The van der Waals surface area contributed by atoms with Crippen LogP contribution in [-0.2, 0) is 0 Å². The molecule has 0 aliphatic rings. The van der Waals surface area contributed by atoms with Crippen LogP contribution in [0.2, 0.25) is 0 Å². The standard InChI is InChI=1S/C7H16N.ClH.Mg/c1-7(2,3)6-8(4)5;;/h1,6H2,2-5H3;1H;/q-1;;+2/p-1. The van der Waals surface area contributed by atoms with Crippen molar-refractivity contribution in [1.29, 1.82) is 0 Å². The van der Waals surface area contributed by atoms with Crippen LogP contribution in [0.5, 0.6) is 0 Å². The van der Waals surface area contributed by atoms with Crippen molar-refractivity contribution in [2.75, 3.05) is 20.6 Å². The predicted molar refractivity (Wildman–Crippen MR) is 43.4 cm³/mol. The molecule has 0 aromatic carbocycles. The van der Waals surface area contributed by atoms with Crippen molar-refractivity contribution in [3.8, 4) is 0 Å². The maximum Gasteiger partial charge on any atom is 2.00 e. The molecule has 0 amide bonds. The second kappa shape index (κ2) is 6.71. The third-order valence-electron chi connectivity index (χ3n) is 0.744. The summed E-state index contributed by atoms with van der Waals surface area (Å²) in [6.07, 6.45) is 0. The zero-order valence-corrected chi connectivity index (χ0v) is 9.62. The monoisotopic (exact) mass is 173 g/mol. The van der Waals surface area contributed by atoms with E-state index in [-0.39, 0.29) is 40.9 Å². The molecule has 0 heterocycles. The van der Waals surface area contributed by atoms with Crippen LogP contribution >= 0.6 is 0 Å². The van der Waals surface area contributed by atoms with Crippen molar-refractivity contribution in [1.82, 2.24) is 4.90 Å². The normalized spacial score (nSPS) is 10.2. The topological polar surface area (TPSA) is 3.24 Å². The first kappa shape index (κ1) is 17.2. The number of hydrogen-bond acceptors (Lipinski definition) is 1. The van der Waals surface area contributed by atoms with Crippen LogP contribution in [0.15, 0.2) is 0 Å². The van der Waals surface area contributed by atoms with Gasteiger partial charge in [-0.15, -0.1) is 0 Å². The van der Waals surface area contributed by atoms with Gasteiger partial charge in [0.05, 0.1) is 0 Å². The minimum atomic E-state index is 0. The average Bonchev–Trinajstić information content (AvgIpc) is 1.21. The second-order valence-electron chi connectivity index (χ2n) is 3.40. The molecule has 0 aliphatic carbocycles. The Labute approximate surface area is 87.1 Å². The molecule has 0 aromatic heterocycles. The fourth-order valence-corrected chi connectivity index (χ4v) is 0.856. The van der Waals surface area contributed by atoms with Crippen LogP contribution in [0.3, 0.4) is 0 Å². The molecule has 1 nitrogen and oxygen atoms in total. The van der Waals surface area contributed by atoms with Gasteiger partial charge in [-0.05, 0) is 20.6 Å². The van der Waals surface area contributed by atoms with Gasteiger partial charge in [0.1, 0.15) is 0 Å². The molecule has 0 aromatic rings. The Bertz CT molecular complexity index is 68.5. The van der Waals surface area contributed by atoms with Crippen molar-refractivity contribution in [2.45, 2.75) is 13.8 Å². The third kappa shape index (κ3) is 16.0. The zero-order valence-electron chi connectivity index (χ0n) is 7.45. The second-order valence-corrected chi connectivity index (χ2v) is 3.40. The Morgan fingerprint density at radius 3 is 1.60 bits per heavy atom. The van der Waals surface area contributed by atoms with E-state index < -0.39 is 0 Å². The van der Waals surface area contributed by atoms with E-state index in [1.165, 1.54) is 0 Å². The van der Waals surface area contributed by atoms with E-state index in [0.717, 1.165) is 6.54 Å². The minimum Gasteiger partial charge on any atom is -1.00 e. The van der Waals surface area contributed by atoms with Crippen LogP contribution in [0.25, 0.3) is 0 Å². The van der Waals surface area contributed by atoms with Crippen molar-refractivity contribution in [3.05, 3.63) is 6.92 Å². The van der Waals surface area contributed by atoms with E-state index in [4.69, 9.17) is 0 Å². The fourth-order valence-electron chi connectivity index (χ4n) is 0.856.